The molecule has 1 aliphatic carbocycles. The maximum Gasteiger partial charge on any atom is 0.394 e. The van der Waals surface area contributed by atoms with Gasteiger partial charge in [-0.05, 0) is 12.3 Å². The van der Waals surface area contributed by atoms with Crippen molar-refractivity contribution in [1.29, 1.82) is 0 Å². The number of fused-ring (bicyclic) bond motifs is 1. The van der Waals surface area contributed by atoms with E-state index >= 15 is 0 Å². The van der Waals surface area contributed by atoms with Crippen molar-refractivity contribution in [2.75, 3.05) is 0 Å². The highest BCUT2D eigenvalue weighted by Gasteiger charge is 2.72. The van der Waals surface area contributed by atoms with Gasteiger partial charge in [0.25, 0.3) is 0 Å². The van der Waals surface area contributed by atoms with Crippen LogP contribution in [0.1, 0.15) is 13.3 Å². The number of likely N-dealkylation sites (tertiary alicyclic amines) is 1. The Kier molecular flexibility index (Phi) is 2.18. The van der Waals surface area contributed by atoms with Gasteiger partial charge in [0.1, 0.15) is 6.04 Å². The number of carboxylic acid groups (broad SMARTS) is 1. The third kappa shape index (κ3) is 1.45. The molecule has 4 atom stereocenters. The Morgan fingerprint density at radius 1 is 1.38 bits per heavy atom. The molecule has 90 valence electrons. The lowest BCUT2D eigenvalue weighted by molar-refractivity contribution is -0.166. The molecule has 2 rings (SSSR count). The second-order valence-electron chi connectivity index (χ2n) is 4.24. The Bertz CT molecular complexity index is 354. The number of aliphatic carboxylic acids is 1. The van der Waals surface area contributed by atoms with E-state index in [2.05, 4.69) is 0 Å². The number of piperidine rings is 1. The molecule has 0 radical (unpaired) electrons. The standard InChI is InChI=1S/C9H10F3NO3/c1-3(14)13-5(8(15)16)2-4-6(7(4)13)9(10,11)12/h4-7H,2H2,1H3,(H,15,16)/t4-,5+,6-,7-/m1/s1. The topological polar surface area (TPSA) is 57.6 Å². The van der Waals surface area contributed by atoms with Gasteiger partial charge in [0.2, 0.25) is 5.91 Å². The Morgan fingerprint density at radius 2 is 1.94 bits per heavy atom. The molecule has 1 amide bonds. The summed E-state index contributed by atoms with van der Waals surface area (Å²) in [5, 5.41) is 8.78. The van der Waals surface area contributed by atoms with Crippen LogP contribution in [0, 0.1) is 11.8 Å². The van der Waals surface area contributed by atoms with E-state index in [-0.39, 0.29) is 6.42 Å². The molecule has 1 saturated heterocycles. The number of carbonyl (C=O) groups excluding carboxylic acids is 1. The van der Waals surface area contributed by atoms with Crippen LogP contribution in [-0.4, -0.2) is 40.1 Å². The normalized spacial score (nSPS) is 37.1. The third-order valence-electron chi connectivity index (χ3n) is 3.31. The summed E-state index contributed by atoms with van der Waals surface area (Å²) in [5.41, 5.74) is 0. The highest BCUT2D eigenvalue weighted by molar-refractivity contribution is 5.84. The molecular weight excluding hydrogens is 227 g/mol. The molecule has 16 heavy (non-hydrogen) atoms. The summed E-state index contributed by atoms with van der Waals surface area (Å²) in [6.07, 6.45) is -4.43. The number of halogens is 3. The van der Waals surface area contributed by atoms with Crippen LogP contribution in [0.3, 0.4) is 0 Å². The zero-order valence-corrected chi connectivity index (χ0v) is 8.36. The zero-order valence-electron chi connectivity index (χ0n) is 8.36. The number of hydrogen-bond donors (Lipinski definition) is 1. The van der Waals surface area contributed by atoms with Crippen molar-refractivity contribution in [1.82, 2.24) is 4.90 Å². The Morgan fingerprint density at radius 3 is 2.31 bits per heavy atom. The summed E-state index contributed by atoms with van der Waals surface area (Å²) < 4.78 is 37.3. The minimum Gasteiger partial charge on any atom is -0.480 e. The molecule has 1 aliphatic heterocycles. The molecule has 2 aliphatic rings. The first-order valence-electron chi connectivity index (χ1n) is 4.83. The molecule has 0 aromatic rings. The Labute approximate surface area is 89.0 Å². The second-order valence-corrected chi connectivity index (χ2v) is 4.24. The molecule has 1 N–H and O–H groups in total. The highest BCUT2D eigenvalue weighted by Crippen LogP contribution is 2.59. The summed E-state index contributed by atoms with van der Waals surface area (Å²) in [5.74, 6) is -4.10. The molecule has 0 bridgehead atoms. The average molecular weight is 237 g/mol. The largest absolute Gasteiger partial charge is 0.480 e. The van der Waals surface area contributed by atoms with Crippen molar-refractivity contribution in [2.24, 2.45) is 11.8 Å². The predicted octanol–water partition coefficient (Wildman–Crippen LogP) is 0.869. The van der Waals surface area contributed by atoms with Crippen molar-refractivity contribution in [3.8, 4) is 0 Å². The molecule has 1 saturated carbocycles. The van der Waals surface area contributed by atoms with Crippen molar-refractivity contribution in [3.63, 3.8) is 0 Å². The van der Waals surface area contributed by atoms with Crippen LogP contribution in [0.15, 0.2) is 0 Å². The van der Waals surface area contributed by atoms with Gasteiger partial charge in [0.05, 0.1) is 5.92 Å². The lowest BCUT2D eigenvalue weighted by atomic mass is 10.1. The van der Waals surface area contributed by atoms with Gasteiger partial charge in [-0.1, -0.05) is 0 Å². The molecule has 7 heteroatoms. The minimum absolute atomic E-state index is 0.0935. The Balaban J connectivity index is 2.18. The van der Waals surface area contributed by atoms with Gasteiger partial charge in [-0.3, -0.25) is 4.79 Å². The zero-order chi connectivity index (χ0) is 12.2. The molecule has 0 aromatic heterocycles. The van der Waals surface area contributed by atoms with Gasteiger partial charge in [-0.25, -0.2) is 4.79 Å². The average Bonchev–Trinajstić information content (AvgIpc) is 2.67. The first-order valence-corrected chi connectivity index (χ1v) is 4.83. The van der Waals surface area contributed by atoms with Crippen LogP contribution in [0.25, 0.3) is 0 Å². The van der Waals surface area contributed by atoms with E-state index in [0.717, 1.165) is 11.8 Å². The minimum atomic E-state index is -4.34. The molecule has 1 heterocycles. The maximum atomic E-state index is 12.4. The molecule has 4 nitrogen and oxygen atoms in total. The fourth-order valence-electron chi connectivity index (χ4n) is 2.69. The predicted molar refractivity (Wildman–Crippen MR) is 45.4 cm³/mol. The van der Waals surface area contributed by atoms with Gasteiger partial charge in [0, 0.05) is 13.0 Å². The van der Waals surface area contributed by atoms with Crippen LogP contribution < -0.4 is 0 Å². The lowest BCUT2D eigenvalue weighted by Crippen LogP contribution is -2.44. The van der Waals surface area contributed by atoms with Crippen LogP contribution in [-0.2, 0) is 9.59 Å². The number of hydrogen-bond acceptors (Lipinski definition) is 2. The van der Waals surface area contributed by atoms with E-state index in [9.17, 15) is 22.8 Å². The van der Waals surface area contributed by atoms with Crippen molar-refractivity contribution < 1.29 is 27.9 Å². The van der Waals surface area contributed by atoms with E-state index in [1.54, 1.807) is 0 Å². The number of carboxylic acids is 1. The number of amides is 1. The van der Waals surface area contributed by atoms with E-state index in [4.69, 9.17) is 5.11 Å². The van der Waals surface area contributed by atoms with Crippen molar-refractivity contribution >= 4 is 11.9 Å². The smallest absolute Gasteiger partial charge is 0.394 e. The quantitative estimate of drug-likeness (QED) is 0.736. The van der Waals surface area contributed by atoms with Crippen molar-refractivity contribution in [3.05, 3.63) is 0 Å². The molecule has 0 spiro atoms. The van der Waals surface area contributed by atoms with Crippen LogP contribution in [0.2, 0.25) is 0 Å². The van der Waals surface area contributed by atoms with Gasteiger partial charge in [0.15, 0.2) is 0 Å². The number of alkyl halides is 3. The van der Waals surface area contributed by atoms with Gasteiger partial charge in [-0.15, -0.1) is 0 Å². The second kappa shape index (κ2) is 3.11. The van der Waals surface area contributed by atoms with Gasteiger partial charge in [-0.2, -0.15) is 13.2 Å². The molecule has 2 fully saturated rings. The summed E-state index contributed by atoms with van der Waals surface area (Å²) in [6, 6.07) is -2.05. The number of nitrogens with zero attached hydrogens (tertiary/aromatic N) is 1. The maximum absolute atomic E-state index is 12.4. The highest BCUT2D eigenvalue weighted by atomic mass is 19.4. The third-order valence-corrected chi connectivity index (χ3v) is 3.31. The summed E-state index contributed by atoms with van der Waals surface area (Å²) in [6.45, 7) is 1.10. The fraction of sp³-hybridized carbons (Fsp3) is 0.778. The van der Waals surface area contributed by atoms with Crippen molar-refractivity contribution in [2.45, 2.75) is 31.6 Å². The SMILES string of the molecule is CC(=O)N1[C@@H]2[C@H](C[C@H]1C(=O)O)[C@H]2C(F)(F)F. The lowest BCUT2D eigenvalue weighted by Gasteiger charge is -2.25. The first-order chi connectivity index (χ1) is 7.25. The molecule has 0 unspecified atom stereocenters. The molecular formula is C9H10F3NO3. The van der Waals surface area contributed by atoms with Gasteiger partial charge < -0.3 is 10.0 Å². The summed E-state index contributed by atoms with van der Waals surface area (Å²) in [7, 11) is 0. The van der Waals surface area contributed by atoms with E-state index in [1.807, 2.05) is 0 Å². The van der Waals surface area contributed by atoms with E-state index in [0.29, 0.717) is 0 Å². The van der Waals surface area contributed by atoms with Gasteiger partial charge >= 0.3 is 12.1 Å². The number of rotatable bonds is 1. The monoisotopic (exact) mass is 237 g/mol. The van der Waals surface area contributed by atoms with Crippen LogP contribution in [0.5, 0.6) is 0 Å². The summed E-state index contributed by atoms with van der Waals surface area (Å²) in [4.78, 5) is 22.8. The Hall–Kier alpha value is -1.27. The van der Waals surface area contributed by atoms with Crippen LogP contribution in [0.4, 0.5) is 13.2 Å². The van der Waals surface area contributed by atoms with E-state index < -0.39 is 42.0 Å². The first kappa shape index (κ1) is 11.2. The summed E-state index contributed by atoms with van der Waals surface area (Å²) >= 11 is 0. The van der Waals surface area contributed by atoms with Crippen LogP contribution >= 0.6 is 0 Å². The van der Waals surface area contributed by atoms with E-state index in [1.165, 1.54) is 0 Å². The fourth-order valence-corrected chi connectivity index (χ4v) is 2.69. The number of carbonyl (C=O) groups is 2. The molecule has 0 aromatic carbocycles.